The summed E-state index contributed by atoms with van der Waals surface area (Å²) in [5.41, 5.74) is 1.05. The summed E-state index contributed by atoms with van der Waals surface area (Å²) in [7, 11) is 0. The first-order valence-electron chi connectivity index (χ1n) is 7.36. The van der Waals surface area contributed by atoms with Gasteiger partial charge in [-0.15, -0.1) is 0 Å². The zero-order valence-electron chi connectivity index (χ0n) is 12.8. The van der Waals surface area contributed by atoms with Gasteiger partial charge in [0.2, 0.25) is 0 Å². The average molecular weight is 300 g/mol. The molecule has 2 aromatic carbocycles. The van der Waals surface area contributed by atoms with Crippen molar-refractivity contribution in [3.05, 3.63) is 53.6 Å². The van der Waals surface area contributed by atoms with Crippen LogP contribution in [-0.4, -0.2) is 18.3 Å². The van der Waals surface area contributed by atoms with Crippen molar-refractivity contribution < 1.29 is 19.3 Å². The van der Waals surface area contributed by atoms with Crippen LogP contribution in [0, 0.1) is 0 Å². The van der Waals surface area contributed by atoms with E-state index in [2.05, 4.69) is 0 Å². The summed E-state index contributed by atoms with van der Waals surface area (Å²) >= 11 is 0. The van der Waals surface area contributed by atoms with Crippen molar-refractivity contribution in [1.29, 1.82) is 0 Å². The standard InChI is InChI=1S/C18H20O4/c1-18(2,19)14-4-6-15(7-5-14)22-12-13-3-8-16-17(11-13)21-10-9-20-16/h3-8,11,19H,9-10,12H2,1-2H3. The van der Waals surface area contributed by atoms with E-state index in [0.717, 1.165) is 28.4 Å². The fraction of sp³-hybridized carbons (Fsp3) is 0.333. The maximum Gasteiger partial charge on any atom is 0.161 e. The van der Waals surface area contributed by atoms with Gasteiger partial charge < -0.3 is 19.3 Å². The Hall–Kier alpha value is -2.20. The summed E-state index contributed by atoms with van der Waals surface area (Å²) in [4.78, 5) is 0. The Bertz CT molecular complexity index is 641. The first-order chi connectivity index (χ1) is 10.5. The molecule has 4 heteroatoms. The maximum atomic E-state index is 9.93. The van der Waals surface area contributed by atoms with Crippen molar-refractivity contribution in [3.63, 3.8) is 0 Å². The Morgan fingerprint density at radius 2 is 1.68 bits per heavy atom. The van der Waals surface area contributed by atoms with Crippen LogP contribution in [0.15, 0.2) is 42.5 Å². The number of ether oxygens (including phenoxy) is 3. The van der Waals surface area contributed by atoms with Crippen molar-refractivity contribution in [3.8, 4) is 17.2 Å². The molecule has 0 saturated carbocycles. The molecule has 3 rings (SSSR count). The van der Waals surface area contributed by atoms with Gasteiger partial charge in [0.1, 0.15) is 25.6 Å². The molecule has 22 heavy (non-hydrogen) atoms. The van der Waals surface area contributed by atoms with E-state index in [-0.39, 0.29) is 0 Å². The van der Waals surface area contributed by atoms with Crippen molar-refractivity contribution >= 4 is 0 Å². The first kappa shape index (κ1) is 14.7. The molecule has 0 amide bonds. The monoisotopic (exact) mass is 300 g/mol. The zero-order chi connectivity index (χ0) is 15.6. The topological polar surface area (TPSA) is 47.9 Å². The minimum absolute atomic E-state index is 0.457. The van der Waals surface area contributed by atoms with Crippen LogP contribution in [0.3, 0.4) is 0 Å². The van der Waals surface area contributed by atoms with E-state index in [1.165, 1.54) is 0 Å². The molecule has 0 aliphatic carbocycles. The van der Waals surface area contributed by atoms with Crippen LogP contribution < -0.4 is 14.2 Å². The SMILES string of the molecule is CC(C)(O)c1ccc(OCc2ccc3c(c2)OCCO3)cc1. The molecule has 0 unspecified atom stereocenters. The van der Waals surface area contributed by atoms with Gasteiger partial charge in [-0.1, -0.05) is 18.2 Å². The highest BCUT2D eigenvalue weighted by molar-refractivity contribution is 5.43. The van der Waals surface area contributed by atoms with E-state index in [4.69, 9.17) is 14.2 Å². The fourth-order valence-electron chi connectivity index (χ4n) is 2.30. The normalized spacial score (nSPS) is 13.8. The largest absolute Gasteiger partial charge is 0.489 e. The third-order valence-electron chi connectivity index (χ3n) is 3.57. The highest BCUT2D eigenvalue weighted by atomic mass is 16.6. The minimum atomic E-state index is -0.839. The summed E-state index contributed by atoms with van der Waals surface area (Å²) in [6.45, 7) is 5.15. The number of hydrogen-bond acceptors (Lipinski definition) is 4. The van der Waals surface area contributed by atoms with Crippen molar-refractivity contribution in [1.82, 2.24) is 0 Å². The molecule has 1 N–H and O–H groups in total. The lowest BCUT2D eigenvalue weighted by Gasteiger charge is -2.19. The molecule has 0 bridgehead atoms. The van der Waals surface area contributed by atoms with Gasteiger partial charge in [-0.3, -0.25) is 0 Å². The second kappa shape index (κ2) is 5.89. The second-order valence-corrected chi connectivity index (χ2v) is 5.85. The van der Waals surface area contributed by atoms with Gasteiger partial charge in [0, 0.05) is 0 Å². The Labute approximate surface area is 130 Å². The Morgan fingerprint density at radius 3 is 2.36 bits per heavy atom. The molecule has 0 saturated heterocycles. The van der Waals surface area contributed by atoms with Gasteiger partial charge in [-0.25, -0.2) is 0 Å². The van der Waals surface area contributed by atoms with E-state index in [9.17, 15) is 5.11 Å². The zero-order valence-corrected chi connectivity index (χ0v) is 12.8. The smallest absolute Gasteiger partial charge is 0.161 e. The van der Waals surface area contributed by atoms with Gasteiger partial charge in [-0.05, 0) is 49.2 Å². The summed E-state index contributed by atoms with van der Waals surface area (Å²) in [6.07, 6.45) is 0. The molecular formula is C18H20O4. The molecule has 116 valence electrons. The second-order valence-electron chi connectivity index (χ2n) is 5.85. The quantitative estimate of drug-likeness (QED) is 0.941. The predicted molar refractivity (Wildman–Crippen MR) is 83.5 cm³/mol. The van der Waals surface area contributed by atoms with Gasteiger partial charge in [0.05, 0.1) is 5.60 Å². The molecule has 4 nitrogen and oxygen atoms in total. The Kier molecular flexibility index (Phi) is 3.94. The minimum Gasteiger partial charge on any atom is -0.489 e. The molecule has 0 fully saturated rings. The van der Waals surface area contributed by atoms with Crippen molar-refractivity contribution in [2.75, 3.05) is 13.2 Å². The highest BCUT2D eigenvalue weighted by Gasteiger charge is 2.15. The average Bonchev–Trinajstić information content (AvgIpc) is 2.52. The lowest BCUT2D eigenvalue weighted by atomic mass is 9.99. The van der Waals surface area contributed by atoms with E-state index >= 15 is 0 Å². The van der Waals surface area contributed by atoms with Gasteiger partial charge >= 0.3 is 0 Å². The molecule has 0 aromatic heterocycles. The fourth-order valence-corrected chi connectivity index (χ4v) is 2.30. The van der Waals surface area contributed by atoms with E-state index in [1.807, 2.05) is 42.5 Å². The van der Waals surface area contributed by atoms with Crippen molar-refractivity contribution in [2.24, 2.45) is 0 Å². The number of rotatable bonds is 4. The number of hydrogen-bond donors (Lipinski definition) is 1. The van der Waals surface area contributed by atoms with Crippen LogP contribution >= 0.6 is 0 Å². The highest BCUT2D eigenvalue weighted by Crippen LogP contribution is 2.31. The van der Waals surface area contributed by atoms with Crippen LogP contribution in [0.4, 0.5) is 0 Å². The third-order valence-corrected chi connectivity index (χ3v) is 3.57. The Morgan fingerprint density at radius 1 is 1.00 bits per heavy atom. The van der Waals surface area contributed by atoms with Gasteiger partial charge in [0.25, 0.3) is 0 Å². The molecule has 1 heterocycles. The third kappa shape index (κ3) is 3.34. The number of aliphatic hydroxyl groups is 1. The molecule has 0 spiro atoms. The first-order valence-corrected chi connectivity index (χ1v) is 7.36. The molecule has 1 aliphatic heterocycles. The number of benzene rings is 2. The van der Waals surface area contributed by atoms with E-state index < -0.39 is 5.60 Å². The summed E-state index contributed by atoms with van der Waals surface area (Å²) in [6, 6.07) is 13.3. The molecular weight excluding hydrogens is 280 g/mol. The summed E-state index contributed by atoms with van der Waals surface area (Å²) < 4.78 is 16.8. The van der Waals surface area contributed by atoms with E-state index in [0.29, 0.717) is 19.8 Å². The van der Waals surface area contributed by atoms with Crippen LogP contribution in [-0.2, 0) is 12.2 Å². The molecule has 0 radical (unpaired) electrons. The van der Waals surface area contributed by atoms with Crippen LogP contribution in [0.1, 0.15) is 25.0 Å². The number of fused-ring (bicyclic) bond motifs is 1. The van der Waals surface area contributed by atoms with Crippen molar-refractivity contribution in [2.45, 2.75) is 26.1 Å². The van der Waals surface area contributed by atoms with Gasteiger partial charge in [-0.2, -0.15) is 0 Å². The van der Waals surface area contributed by atoms with Crippen LogP contribution in [0.25, 0.3) is 0 Å². The van der Waals surface area contributed by atoms with E-state index in [1.54, 1.807) is 13.8 Å². The molecule has 0 atom stereocenters. The lowest BCUT2D eigenvalue weighted by Crippen LogP contribution is -2.15. The lowest BCUT2D eigenvalue weighted by molar-refractivity contribution is 0.0785. The van der Waals surface area contributed by atoms with Crippen LogP contribution in [0.5, 0.6) is 17.2 Å². The van der Waals surface area contributed by atoms with Crippen LogP contribution in [0.2, 0.25) is 0 Å². The summed E-state index contributed by atoms with van der Waals surface area (Å²) in [5.74, 6) is 2.32. The summed E-state index contributed by atoms with van der Waals surface area (Å²) in [5, 5.41) is 9.93. The maximum absolute atomic E-state index is 9.93. The molecule has 2 aromatic rings. The predicted octanol–water partition coefficient (Wildman–Crippen LogP) is 3.26. The molecule has 1 aliphatic rings. The Balaban J connectivity index is 1.65. The van der Waals surface area contributed by atoms with Gasteiger partial charge in [0.15, 0.2) is 11.5 Å².